The predicted molar refractivity (Wildman–Crippen MR) is 74.1 cm³/mol. The van der Waals surface area contributed by atoms with Crippen molar-refractivity contribution < 1.29 is 18.3 Å². The Hall–Kier alpha value is -1.82. The SMILES string of the molecule is CC.CS(=O)(=O)c1ccc2[nH]cc(CC(=O)O)c2c1. The average molecular weight is 283 g/mol. The summed E-state index contributed by atoms with van der Waals surface area (Å²) in [5, 5.41) is 9.38. The molecule has 2 aromatic rings. The first-order valence-corrected chi connectivity index (χ1v) is 7.79. The Balaban J connectivity index is 0.000000861. The molecule has 0 spiro atoms. The van der Waals surface area contributed by atoms with E-state index in [1.54, 1.807) is 12.3 Å². The number of benzene rings is 1. The molecule has 0 bridgehead atoms. The highest BCUT2D eigenvalue weighted by atomic mass is 32.2. The second-order valence-corrected chi connectivity index (χ2v) is 5.88. The lowest BCUT2D eigenvalue weighted by Gasteiger charge is -1.99. The second-order valence-electron chi connectivity index (χ2n) is 3.86. The van der Waals surface area contributed by atoms with Crippen LogP contribution in [-0.2, 0) is 21.1 Å². The van der Waals surface area contributed by atoms with Gasteiger partial charge >= 0.3 is 5.97 Å². The number of aromatic nitrogens is 1. The first kappa shape index (κ1) is 15.2. The number of fused-ring (bicyclic) bond motifs is 1. The third-order valence-electron chi connectivity index (χ3n) is 2.51. The number of nitrogens with one attached hydrogen (secondary N) is 1. The summed E-state index contributed by atoms with van der Waals surface area (Å²) in [5.41, 5.74) is 1.31. The van der Waals surface area contributed by atoms with Gasteiger partial charge in [0.15, 0.2) is 9.84 Å². The van der Waals surface area contributed by atoms with Crippen molar-refractivity contribution in [3.05, 3.63) is 30.0 Å². The molecule has 2 rings (SSSR count). The molecule has 0 radical (unpaired) electrons. The molecule has 0 fully saturated rings. The van der Waals surface area contributed by atoms with Crippen LogP contribution in [0.2, 0.25) is 0 Å². The summed E-state index contributed by atoms with van der Waals surface area (Å²) in [6, 6.07) is 4.63. The van der Waals surface area contributed by atoms with Gasteiger partial charge in [-0.25, -0.2) is 8.42 Å². The molecule has 1 heterocycles. The molecule has 2 N–H and O–H groups in total. The molecule has 0 saturated carbocycles. The summed E-state index contributed by atoms with van der Waals surface area (Å²) in [6.45, 7) is 4.00. The van der Waals surface area contributed by atoms with Gasteiger partial charge in [-0.05, 0) is 23.8 Å². The van der Waals surface area contributed by atoms with E-state index in [0.29, 0.717) is 10.9 Å². The molecule has 1 aromatic carbocycles. The van der Waals surface area contributed by atoms with Crippen molar-refractivity contribution in [3.63, 3.8) is 0 Å². The normalized spacial score (nSPS) is 10.9. The number of carboxylic acid groups (broad SMARTS) is 1. The Labute approximate surface area is 112 Å². The molecule has 0 unspecified atom stereocenters. The largest absolute Gasteiger partial charge is 0.481 e. The molecule has 0 saturated heterocycles. The highest BCUT2D eigenvalue weighted by molar-refractivity contribution is 7.90. The number of carbonyl (C=O) groups is 1. The highest BCUT2D eigenvalue weighted by Crippen LogP contribution is 2.22. The maximum atomic E-state index is 11.4. The zero-order chi connectivity index (χ0) is 14.6. The fourth-order valence-electron chi connectivity index (χ4n) is 1.70. The van der Waals surface area contributed by atoms with Crippen LogP contribution >= 0.6 is 0 Å². The first-order chi connectivity index (χ1) is 8.88. The third-order valence-corrected chi connectivity index (χ3v) is 3.62. The van der Waals surface area contributed by atoms with Crippen LogP contribution in [0.25, 0.3) is 10.9 Å². The number of carboxylic acids is 1. The molecule has 1 aromatic heterocycles. The number of sulfone groups is 1. The topological polar surface area (TPSA) is 87.2 Å². The Morgan fingerprint density at radius 1 is 1.32 bits per heavy atom. The van der Waals surface area contributed by atoms with Crippen LogP contribution in [-0.4, -0.2) is 30.7 Å². The number of H-pyrrole nitrogens is 1. The van der Waals surface area contributed by atoms with Gasteiger partial charge in [-0.15, -0.1) is 0 Å². The maximum Gasteiger partial charge on any atom is 0.307 e. The van der Waals surface area contributed by atoms with Crippen LogP contribution in [0.4, 0.5) is 0 Å². The van der Waals surface area contributed by atoms with Crippen molar-refractivity contribution in [1.29, 1.82) is 0 Å². The van der Waals surface area contributed by atoms with Crippen LogP contribution in [0.5, 0.6) is 0 Å². The fourth-order valence-corrected chi connectivity index (χ4v) is 2.34. The Morgan fingerprint density at radius 2 is 1.95 bits per heavy atom. The van der Waals surface area contributed by atoms with Gasteiger partial charge < -0.3 is 10.1 Å². The summed E-state index contributed by atoms with van der Waals surface area (Å²) in [6.07, 6.45) is 2.58. The summed E-state index contributed by atoms with van der Waals surface area (Å²) in [5.74, 6) is -0.948. The van der Waals surface area contributed by atoms with Crippen molar-refractivity contribution in [3.8, 4) is 0 Å². The second kappa shape index (κ2) is 5.88. The predicted octanol–water partition coefficient (Wildman–Crippen LogP) is 2.22. The Bertz CT molecular complexity index is 686. The molecule has 0 amide bonds. The molecular weight excluding hydrogens is 266 g/mol. The van der Waals surface area contributed by atoms with Gasteiger partial charge in [0.05, 0.1) is 11.3 Å². The van der Waals surface area contributed by atoms with Crippen molar-refractivity contribution in [2.45, 2.75) is 25.2 Å². The standard InChI is InChI=1S/C11H11NO4S.C2H6/c1-17(15,16)8-2-3-10-9(5-8)7(6-12-10)4-11(13)14;1-2/h2-3,5-6,12H,4H2,1H3,(H,13,14);1-2H3. The van der Waals surface area contributed by atoms with E-state index in [2.05, 4.69) is 4.98 Å². The molecular formula is C13H17NO4S. The van der Waals surface area contributed by atoms with Gasteiger partial charge in [0, 0.05) is 23.4 Å². The number of rotatable bonds is 3. The number of hydrogen-bond acceptors (Lipinski definition) is 3. The molecule has 104 valence electrons. The van der Waals surface area contributed by atoms with Crippen molar-refractivity contribution in [1.82, 2.24) is 4.98 Å². The lowest BCUT2D eigenvalue weighted by Crippen LogP contribution is -2.00. The summed E-state index contributed by atoms with van der Waals surface area (Å²) < 4.78 is 22.8. The van der Waals surface area contributed by atoms with Crippen LogP contribution in [0.3, 0.4) is 0 Å². The Morgan fingerprint density at radius 3 is 2.47 bits per heavy atom. The van der Waals surface area contributed by atoms with E-state index < -0.39 is 15.8 Å². The van der Waals surface area contributed by atoms with E-state index in [1.807, 2.05) is 13.8 Å². The monoisotopic (exact) mass is 283 g/mol. The molecule has 6 heteroatoms. The van der Waals surface area contributed by atoms with Gasteiger partial charge in [0.25, 0.3) is 0 Å². The maximum absolute atomic E-state index is 11.4. The molecule has 0 aliphatic rings. The number of aliphatic carboxylic acids is 1. The lowest BCUT2D eigenvalue weighted by atomic mass is 10.1. The van der Waals surface area contributed by atoms with Crippen LogP contribution in [0, 0.1) is 0 Å². The summed E-state index contributed by atoms with van der Waals surface area (Å²) in [4.78, 5) is 13.8. The zero-order valence-electron chi connectivity index (χ0n) is 11.1. The van der Waals surface area contributed by atoms with Crippen LogP contribution < -0.4 is 0 Å². The van der Waals surface area contributed by atoms with Crippen LogP contribution in [0.1, 0.15) is 19.4 Å². The average Bonchev–Trinajstić information content (AvgIpc) is 2.72. The van der Waals surface area contributed by atoms with Crippen molar-refractivity contribution >= 4 is 26.7 Å². The minimum Gasteiger partial charge on any atom is -0.481 e. The van der Waals surface area contributed by atoms with Crippen LogP contribution in [0.15, 0.2) is 29.3 Å². The summed E-state index contributed by atoms with van der Waals surface area (Å²) >= 11 is 0. The molecule has 5 nitrogen and oxygen atoms in total. The zero-order valence-corrected chi connectivity index (χ0v) is 11.9. The van der Waals surface area contributed by atoms with Gasteiger partial charge in [-0.3, -0.25) is 4.79 Å². The molecule has 0 atom stereocenters. The number of aromatic amines is 1. The molecule has 0 aliphatic heterocycles. The molecule has 19 heavy (non-hydrogen) atoms. The minimum absolute atomic E-state index is 0.132. The van der Waals surface area contributed by atoms with E-state index in [4.69, 9.17) is 5.11 Å². The number of hydrogen-bond donors (Lipinski definition) is 2. The minimum atomic E-state index is -3.28. The lowest BCUT2D eigenvalue weighted by molar-refractivity contribution is -0.136. The first-order valence-electron chi connectivity index (χ1n) is 5.90. The van der Waals surface area contributed by atoms with E-state index in [-0.39, 0.29) is 11.3 Å². The highest BCUT2D eigenvalue weighted by Gasteiger charge is 2.12. The van der Waals surface area contributed by atoms with E-state index in [1.165, 1.54) is 12.1 Å². The molecule has 0 aliphatic carbocycles. The van der Waals surface area contributed by atoms with Gasteiger partial charge in [0.1, 0.15) is 0 Å². The third kappa shape index (κ3) is 3.57. The van der Waals surface area contributed by atoms with E-state index >= 15 is 0 Å². The van der Waals surface area contributed by atoms with Crippen molar-refractivity contribution in [2.24, 2.45) is 0 Å². The Kier molecular flexibility index (Phi) is 4.72. The van der Waals surface area contributed by atoms with E-state index in [0.717, 1.165) is 11.8 Å². The smallest absolute Gasteiger partial charge is 0.307 e. The van der Waals surface area contributed by atoms with Gasteiger partial charge in [-0.1, -0.05) is 13.8 Å². The fraction of sp³-hybridized carbons (Fsp3) is 0.308. The quantitative estimate of drug-likeness (QED) is 0.904. The summed E-state index contributed by atoms with van der Waals surface area (Å²) in [7, 11) is -3.28. The van der Waals surface area contributed by atoms with Gasteiger partial charge in [0.2, 0.25) is 0 Å². The van der Waals surface area contributed by atoms with Crippen molar-refractivity contribution in [2.75, 3.05) is 6.26 Å². The van der Waals surface area contributed by atoms with Gasteiger partial charge in [-0.2, -0.15) is 0 Å². The van der Waals surface area contributed by atoms with E-state index in [9.17, 15) is 13.2 Å².